The van der Waals surface area contributed by atoms with Gasteiger partial charge in [-0.15, -0.1) is 0 Å². The van der Waals surface area contributed by atoms with Crippen molar-refractivity contribution in [3.05, 3.63) is 23.0 Å². The fourth-order valence-corrected chi connectivity index (χ4v) is 7.89. The first-order chi connectivity index (χ1) is 17.2. The summed E-state index contributed by atoms with van der Waals surface area (Å²) in [7, 11) is 0. The summed E-state index contributed by atoms with van der Waals surface area (Å²) in [6.45, 7) is 5.82. The maximum Gasteiger partial charge on any atom is 0.247 e. The van der Waals surface area contributed by atoms with Crippen LogP contribution in [0.25, 0.3) is 6.08 Å². The van der Waals surface area contributed by atoms with Crippen LogP contribution in [0.1, 0.15) is 87.8 Å². The number of rotatable bonds is 4. The van der Waals surface area contributed by atoms with E-state index in [1.807, 2.05) is 6.20 Å². The van der Waals surface area contributed by atoms with Crippen LogP contribution in [0.4, 0.5) is 5.95 Å². The molecule has 7 rings (SSSR count). The van der Waals surface area contributed by atoms with Crippen LogP contribution in [-0.2, 0) is 4.79 Å². The molecule has 3 saturated carbocycles. The van der Waals surface area contributed by atoms with E-state index in [2.05, 4.69) is 31.5 Å². The zero-order valence-electron chi connectivity index (χ0n) is 21.0. The van der Waals surface area contributed by atoms with Crippen molar-refractivity contribution in [1.82, 2.24) is 25.1 Å². The summed E-state index contributed by atoms with van der Waals surface area (Å²) >= 11 is 0. The van der Waals surface area contributed by atoms with E-state index < -0.39 is 0 Å². The molecule has 7 heteroatoms. The molecule has 3 heterocycles. The predicted octanol–water partition coefficient (Wildman–Crippen LogP) is 3.54. The second-order valence-electron chi connectivity index (χ2n) is 12.1. The number of carbonyl (C=O) groups excluding carboxylic acids is 1. The third kappa shape index (κ3) is 4.08. The van der Waals surface area contributed by atoms with Gasteiger partial charge in [0.15, 0.2) is 0 Å². The molecule has 0 radical (unpaired) electrons. The lowest BCUT2D eigenvalue weighted by Gasteiger charge is -2.46. The van der Waals surface area contributed by atoms with Crippen molar-refractivity contribution >= 4 is 17.9 Å². The maximum absolute atomic E-state index is 12.7. The predicted molar refractivity (Wildman–Crippen MR) is 137 cm³/mol. The van der Waals surface area contributed by atoms with Gasteiger partial charge < -0.3 is 10.6 Å². The number of fused-ring (bicyclic) bond motifs is 4. The molecule has 2 N–H and O–H groups in total. The molecule has 1 aromatic rings. The molecule has 5 fully saturated rings. The van der Waals surface area contributed by atoms with Crippen molar-refractivity contribution in [2.75, 3.05) is 38.0 Å². The SMILES string of the molecule is O=C1NCC2(CCCCC2)C2C1=Cc1cnc(NC3CCC(N4CCN(C5CC5)CC4)CC3)nc12. The Morgan fingerprint density at radius 2 is 1.57 bits per heavy atom. The highest BCUT2D eigenvalue weighted by atomic mass is 16.1. The molecule has 188 valence electrons. The minimum absolute atomic E-state index is 0.0926. The highest BCUT2D eigenvalue weighted by molar-refractivity contribution is 6.02. The third-order valence-electron chi connectivity index (χ3n) is 10.0. The number of piperidine rings is 1. The smallest absolute Gasteiger partial charge is 0.247 e. The van der Waals surface area contributed by atoms with Crippen molar-refractivity contribution in [1.29, 1.82) is 0 Å². The first kappa shape index (κ1) is 22.2. The fraction of sp³-hybridized carbons (Fsp3) is 0.750. The number of anilines is 1. The molecule has 2 saturated heterocycles. The molecule has 1 spiro atoms. The molecule has 35 heavy (non-hydrogen) atoms. The number of amides is 1. The Balaban J connectivity index is 1.00. The van der Waals surface area contributed by atoms with Gasteiger partial charge in [0.1, 0.15) is 0 Å². The summed E-state index contributed by atoms with van der Waals surface area (Å²) < 4.78 is 0. The van der Waals surface area contributed by atoms with E-state index in [1.54, 1.807) is 0 Å². The molecular weight excluding hydrogens is 436 g/mol. The Hall–Kier alpha value is -1.99. The number of hydrogen-bond acceptors (Lipinski definition) is 6. The van der Waals surface area contributed by atoms with E-state index >= 15 is 0 Å². The Morgan fingerprint density at radius 1 is 0.914 bits per heavy atom. The molecule has 7 nitrogen and oxygen atoms in total. The number of nitrogens with zero attached hydrogens (tertiary/aromatic N) is 4. The molecule has 0 aromatic carbocycles. The van der Waals surface area contributed by atoms with Gasteiger partial charge in [0.2, 0.25) is 11.9 Å². The molecule has 2 aliphatic heterocycles. The quantitative estimate of drug-likeness (QED) is 0.693. The zero-order valence-corrected chi connectivity index (χ0v) is 21.0. The van der Waals surface area contributed by atoms with Gasteiger partial charge in [0.05, 0.1) is 5.69 Å². The minimum atomic E-state index is 0.0926. The summed E-state index contributed by atoms with van der Waals surface area (Å²) in [5, 5.41) is 6.88. The van der Waals surface area contributed by atoms with Crippen LogP contribution in [0.15, 0.2) is 11.8 Å². The van der Waals surface area contributed by atoms with Gasteiger partial charge in [0.25, 0.3) is 0 Å². The van der Waals surface area contributed by atoms with E-state index in [-0.39, 0.29) is 17.2 Å². The van der Waals surface area contributed by atoms with E-state index in [1.165, 1.54) is 96.8 Å². The lowest BCUT2D eigenvalue weighted by Crippen LogP contribution is -2.52. The van der Waals surface area contributed by atoms with Gasteiger partial charge in [-0.25, -0.2) is 9.97 Å². The average Bonchev–Trinajstić information content (AvgIpc) is 3.68. The zero-order chi connectivity index (χ0) is 23.4. The summed E-state index contributed by atoms with van der Waals surface area (Å²) in [4.78, 5) is 28.0. The van der Waals surface area contributed by atoms with Gasteiger partial charge in [-0.2, -0.15) is 0 Å². The lowest BCUT2D eigenvalue weighted by molar-refractivity contribution is -0.120. The fourth-order valence-electron chi connectivity index (χ4n) is 7.89. The topological polar surface area (TPSA) is 73.4 Å². The highest BCUT2D eigenvalue weighted by Gasteiger charge is 2.50. The van der Waals surface area contributed by atoms with Crippen molar-refractivity contribution in [3.63, 3.8) is 0 Å². The second kappa shape index (κ2) is 8.84. The van der Waals surface area contributed by atoms with Crippen molar-refractivity contribution in [3.8, 4) is 0 Å². The molecule has 6 aliphatic rings. The van der Waals surface area contributed by atoms with Gasteiger partial charge >= 0.3 is 0 Å². The van der Waals surface area contributed by atoms with Crippen LogP contribution in [-0.4, -0.2) is 76.5 Å². The highest BCUT2D eigenvalue weighted by Crippen LogP contribution is 2.55. The first-order valence-corrected chi connectivity index (χ1v) is 14.3. The minimum Gasteiger partial charge on any atom is -0.352 e. The summed E-state index contributed by atoms with van der Waals surface area (Å²) in [6, 6.07) is 2.10. The van der Waals surface area contributed by atoms with Crippen LogP contribution >= 0.6 is 0 Å². The van der Waals surface area contributed by atoms with E-state index in [0.29, 0.717) is 6.04 Å². The number of hydrogen-bond donors (Lipinski definition) is 2. The molecule has 0 bridgehead atoms. The van der Waals surface area contributed by atoms with Gasteiger partial charge in [-0.3, -0.25) is 14.6 Å². The normalized spacial score (nSPS) is 33.1. The summed E-state index contributed by atoms with van der Waals surface area (Å²) in [6.07, 6.45) is 17.9. The first-order valence-electron chi connectivity index (χ1n) is 14.3. The maximum atomic E-state index is 12.7. The molecule has 1 unspecified atom stereocenters. The van der Waals surface area contributed by atoms with Crippen LogP contribution in [0.2, 0.25) is 0 Å². The lowest BCUT2D eigenvalue weighted by atomic mass is 9.61. The molecule has 4 aliphatic carbocycles. The van der Waals surface area contributed by atoms with Crippen molar-refractivity contribution < 1.29 is 4.79 Å². The van der Waals surface area contributed by atoms with E-state index in [9.17, 15) is 4.79 Å². The van der Waals surface area contributed by atoms with Crippen molar-refractivity contribution in [2.24, 2.45) is 5.41 Å². The molecule has 1 atom stereocenters. The van der Waals surface area contributed by atoms with E-state index in [0.717, 1.165) is 41.4 Å². The number of piperazine rings is 1. The molecular formula is C28H40N6O. The van der Waals surface area contributed by atoms with Crippen LogP contribution in [0.3, 0.4) is 0 Å². The van der Waals surface area contributed by atoms with Gasteiger partial charge in [0, 0.05) is 79.5 Å². The third-order valence-corrected chi connectivity index (χ3v) is 10.0. The van der Waals surface area contributed by atoms with Gasteiger partial charge in [-0.1, -0.05) is 19.3 Å². The second-order valence-corrected chi connectivity index (χ2v) is 12.1. The number of nitrogens with one attached hydrogen (secondary N) is 2. The number of aromatic nitrogens is 2. The van der Waals surface area contributed by atoms with Gasteiger partial charge in [-0.05, 0) is 57.4 Å². The monoisotopic (exact) mass is 476 g/mol. The Bertz CT molecular complexity index is 997. The van der Waals surface area contributed by atoms with Crippen molar-refractivity contribution in [2.45, 2.75) is 94.7 Å². The Kier molecular flexibility index (Phi) is 5.61. The van der Waals surface area contributed by atoms with Crippen LogP contribution < -0.4 is 10.6 Å². The molecule has 1 amide bonds. The van der Waals surface area contributed by atoms with E-state index in [4.69, 9.17) is 4.98 Å². The Labute approximate surface area is 209 Å². The standard InChI is InChI=1S/C28H40N6O/c35-26-23-16-19-17-29-27(32-25(19)24(23)28(18-30-26)10-2-1-3-11-28)31-20-4-6-21(7-5-20)33-12-14-34(15-13-33)22-8-9-22/h16-17,20-22,24H,1-15,18H2,(H,30,35)(H,29,31,32). The molecule has 1 aromatic heterocycles. The largest absolute Gasteiger partial charge is 0.352 e. The summed E-state index contributed by atoms with van der Waals surface area (Å²) in [5.41, 5.74) is 3.20. The number of carbonyl (C=O) groups is 1. The average molecular weight is 477 g/mol. The van der Waals surface area contributed by atoms with Crippen LogP contribution in [0, 0.1) is 5.41 Å². The summed E-state index contributed by atoms with van der Waals surface area (Å²) in [5.74, 6) is 0.993. The van der Waals surface area contributed by atoms with Crippen LogP contribution in [0.5, 0.6) is 0 Å². The Morgan fingerprint density at radius 3 is 2.23 bits per heavy atom.